The summed E-state index contributed by atoms with van der Waals surface area (Å²) in [5.41, 5.74) is -0.375. The predicted molar refractivity (Wildman–Crippen MR) is 46.3 cm³/mol. The lowest BCUT2D eigenvalue weighted by atomic mass is 9.74. The standard InChI is InChI=1S/C10H13NO/c1-10(2,7-11)8-4-3-5-9(12)6-8/h3,5,8H,4,6H2,1-2H3/t8-/m1/s1. The first-order chi connectivity index (χ1) is 5.56. The molecule has 1 rings (SSSR count). The molecule has 1 aliphatic carbocycles. The molecule has 0 unspecified atom stereocenters. The van der Waals surface area contributed by atoms with Gasteiger partial charge in [-0.15, -0.1) is 0 Å². The lowest BCUT2D eigenvalue weighted by Gasteiger charge is -2.27. The Morgan fingerprint density at radius 2 is 2.33 bits per heavy atom. The van der Waals surface area contributed by atoms with Crippen molar-refractivity contribution in [1.82, 2.24) is 0 Å². The number of hydrogen-bond donors (Lipinski definition) is 0. The maximum absolute atomic E-state index is 11.0. The number of rotatable bonds is 1. The fourth-order valence-corrected chi connectivity index (χ4v) is 1.40. The van der Waals surface area contributed by atoms with E-state index in [0.717, 1.165) is 6.42 Å². The van der Waals surface area contributed by atoms with Crippen LogP contribution < -0.4 is 0 Å². The number of carbonyl (C=O) groups excluding carboxylic acids is 1. The van der Waals surface area contributed by atoms with Crippen LogP contribution in [0.3, 0.4) is 0 Å². The molecular weight excluding hydrogens is 150 g/mol. The number of nitriles is 1. The van der Waals surface area contributed by atoms with E-state index >= 15 is 0 Å². The fourth-order valence-electron chi connectivity index (χ4n) is 1.40. The van der Waals surface area contributed by atoms with Crippen LogP contribution >= 0.6 is 0 Å². The fraction of sp³-hybridized carbons (Fsp3) is 0.600. The Morgan fingerprint density at radius 3 is 2.83 bits per heavy atom. The van der Waals surface area contributed by atoms with Gasteiger partial charge in [-0.3, -0.25) is 4.79 Å². The number of nitrogens with zero attached hydrogens (tertiary/aromatic N) is 1. The lowest BCUT2D eigenvalue weighted by molar-refractivity contribution is -0.116. The smallest absolute Gasteiger partial charge is 0.155 e. The molecule has 12 heavy (non-hydrogen) atoms. The number of hydrogen-bond acceptors (Lipinski definition) is 2. The largest absolute Gasteiger partial charge is 0.295 e. The highest BCUT2D eigenvalue weighted by Crippen LogP contribution is 2.33. The number of allylic oxidation sites excluding steroid dienone is 2. The molecule has 0 N–H and O–H groups in total. The summed E-state index contributed by atoms with van der Waals surface area (Å²) in [5.74, 6) is 0.342. The molecule has 0 fully saturated rings. The van der Waals surface area contributed by atoms with Gasteiger partial charge in [0, 0.05) is 6.42 Å². The average Bonchev–Trinajstić information content (AvgIpc) is 2.05. The minimum Gasteiger partial charge on any atom is -0.295 e. The van der Waals surface area contributed by atoms with Crippen molar-refractivity contribution in [2.24, 2.45) is 11.3 Å². The maximum Gasteiger partial charge on any atom is 0.155 e. The first-order valence-corrected chi connectivity index (χ1v) is 4.17. The van der Waals surface area contributed by atoms with Crippen LogP contribution in [0.25, 0.3) is 0 Å². The molecule has 1 atom stereocenters. The topological polar surface area (TPSA) is 40.9 Å². The molecule has 64 valence electrons. The maximum atomic E-state index is 11.0. The number of carbonyl (C=O) groups is 1. The molecule has 2 heteroatoms. The van der Waals surface area contributed by atoms with Crippen molar-refractivity contribution in [2.75, 3.05) is 0 Å². The molecule has 0 bridgehead atoms. The molecule has 0 aromatic heterocycles. The van der Waals surface area contributed by atoms with Gasteiger partial charge in [0.05, 0.1) is 11.5 Å². The van der Waals surface area contributed by atoms with Gasteiger partial charge in [0.15, 0.2) is 5.78 Å². The molecule has 0 aromatic carbocycles. The van der Waals surface area contributed by atoms with Crippen LogP contribution in [-0.4, -0.2) is 5.78 Å². The van der Waals surface area contributed by atoms with E-state index in [0.29, 0.717) is 6.42 Å². The van der Waals surface area contributed by atoms with Crippen LogP contribution in [0.2, 0.25) is 0 Å². The van der Waals surface area contributed by atoms with E-state index in [2.05, 4.69) is 6.07 Å². The minimum atomic E-state index is -0.375. The second-order valence-electron chi connectivity index (χ2n) is 3.84. The highest BCUT2D eigenvalue weighted by molar-refractivity contribution is 5.90. The van der Waals surface area contributed by atoms with Crippen LogP contribution in [0.15, 0.2) is 12.2 Å². The Bertz CT molecular complexity index is 258. The Hall–Kier alpha value is -1.10. The molecular formula is C10H13NO. The van der Waals surface area contributed by atoms with Crippen LogP contribution in [0.1, 0.15) is 26.7 Å². The van der Waals surface area contributed by atoms with E-state index < -0.39 is 0 Å². The van der Waals surface area contributed by atoms with E-state index in [1.54, 1.807) is 6.08 Å². The molecule has 0 saturated carbocycles. The van der Waals surface area contributed by atoms with Crippen molar-refractivity contribution in [3.63, 3.8) is 0 Å². The predicted octanol–water partition coefficient (Wildman–Crippen LogP) is 2.07. The summed E-state index contributed by atoms with van der Waals surface area (Å²) in [6.07, 6.45) is 4.86. The molecule has 0 heterocycles. The SMILES string of the molecule is CC(C)(C#N)[C@@H]1CC=CC(=O)C1. The van der Waals surface area contributed by atoms with Gasteiger partial charge in [0.2, 0.25) is 0 Å². The second kappa shape index (κ2) is 3.10. The summed E-state index contributed by atoms with van der Waals surface area (Å²) >= 11 is 0. The second-order valence-corrected chi connectivity index (χ2v) is 3.84. The monoisotopic (exact) mass is 163 g/mol. The summed E-state index contributed by atoms with van der Waals surface area (Å²) in [4.78, 5) is 11.0. The first-order valence-electron chi connectivity index (χ1n) is 4.17. The molecule has 0 saturated heterocycles. The zero-order valence-corrected chi connectivity index (χ0v) is 7.50. The minimum absolute atomic E-state index is 0.148. The summed E-state index contributed by atoms with van der Waals surface area (Å²) < 4.78 is 0. The Kier molecular flexibility index (Phi) is 2.32. The molecule has 2 nitrogen and oxygen atoms in total. The van der Waals surface area contributed by atoms with E-state index in [9.17, 15) is 4.79 Å². The van der Waals surface area contributed by atoms with Crippen LogP contribution in [0.5, 0.6) is 0 Å². The van der Waals surface area contributed by atoms with E-state index in [1.807, 2.05) is 19.9 Å². The Labute approximate surface area is 72.9 Å². The summed E-state index contributed by atoms with van der Waals surface area (Å²) in [6.45, 7) is 3.79. The van der Waals surface area contributed by atoms with Gasteiger partial charge in [0.1, 0.15) is 0 Å². The van der Waals surface area contributed by atoms with Gasteiger partial charge in [-0.1, -0.05) is 6.08 Å². The highest BCUT2D eigenvalue weighted by atomic mass is 16.1. The quantitative estimate of drug-likeness (QED) is 0.593. The summed E-state index contributed by atoms with van der Waals surface area (Å²) in [6, 6.07) is 2.25. The van der Waals surface area contributed by atoms with E-state index in [4.69, 9.17) is 5.26 Å². The summed E-state index contributed by atoms with van der Waals surface area (Å²) in [7, 11) is 0. The van der Waals surface area contributed by atoms with Crippen molar-refractivity contribution in [1.29, 1.82) is 5.26 Å². The van der Waals surface area contributed by atoms with Gasteiger partial charge in [-0.05, 0) is 32.3 Å². The van der Waals surface area contributed by atoms with Gasteiger partial charge in [-0.2, -0.15) is 5.26 Å². The third-order valence-electron chi connectivity index (χ3n) is 2.48. The zero-order chi connectivity index (χ0) is 9.19. The Morgan fingerprint density at radius 1 is 1.67 bits per heavy atom. The van der Waals surface area contributed by atoms with Crippen molar-refractivity contribution in [2.45, 2.75) is 26.7 Å². The van der Waals surface area contributed by atoms with Gasteiger partial charge in [0.25, 0.3) is 0 Å². The van der Waals surface area contributed by atoms with Crippen molar-refractivity contribution in [3.05, 3.63) is 12.2 Å². The first kappa shape index (κ1) is 8.99. The van der Waals surface area contributed by atoms with Crippen molar-refractivity contribution >= 4 is 5.78 Å². The van der Waals surface area contributed by atoms with Gasteiger partial charge in [-0.25, -0.2) is 0 Å². The third-order valence-corrected chi connectivity index (χ3v) is 2.48. The third kappa shape index (κ3) is 1.73. The Balaban J connectivity index is 2.74. The molecule has 1 aliphatic rings. The van der Waals surface area contributed by atoms with Crippen molar-refractivity contribution in [3.8, 4) is 6.07 Å². The molecule has 0 aliphatic heterocycles. The van der Waals surface area contributed by atoms with Crippen LogP contribution in [0, 0.1) is 22.7 Å². The molecule has 0 radical (unpaired) electrons. The zero-order valence-electron chi connectivity index (χ0n) is 7.50. The van der Waals surface area contributed by atoms with Crippen LogP contribution in [0.4, 0.5) is 0 Å². The lowest BCUT2D eigenvalue weighted by Crippen LogP contribution is -2.26. The van der Waals surface area contributed by atoms with Crippen LogP contribution in [-0.2, 0) is 4.79 Å². The van der Waals surface area contributed by atoms with E-state index in [1.165, 1.54) is 0 Å². The molecule has 0 aromatic rings. The highest BCUT2D eigenvalue weighted by Gasteiger charge is 2.31. The average molecular weight is 163 g/mol. The number of ketones is 1. The summed E-state index contributed by atoms with van der Waals surface area (Å²) in [5, 5.41) is 8.85. The van der Waals surface area contributed by atoms with Gasteiger partial charge >= 0.3 is 0 Å². The molecule has 0 amide bonds. The van der Waals surface area contributed by atoms with E-state index in [-0.39, 0.29) is 17.1 Å². The normalized spacial score (nSPS) is 23.8. The molecule has 0 spiro atoms. The van der Waals surface area contributed by atoms with Gasteiger partial charge < -0.3 is 0 Å². The van der Waals surface area contributed by atoms with Crippen molar-refractivity contribution < 1.29 is 4.79 Å².